The largest absolute Gasteiger partial charge is 0.447 e. The molecule has 3 N–H and O–H groups in total. The van der Waals surface area contributed by atoms with Gasteiger partial charge < -0.3 is 15.8 Å². The van der Waals surface area contributed by atoms with E-state index in [1.807, 2.05) is 24.3 Å². The Hall–Kier alpha value is -2.93. The number of nitrogens with two attached hydrogens (primary N) is 1. The van der Waals surface area contributed by atoms with Gasteiger partial charge in [-0.05, 0) is 28.8 Å². The van der Waals surface area contributed by atoms with Crippen LogP contribution in [0.4, 0.5) is 9.18 Å². The van der Waals surface area contributed by atoms with Gasteiger partial charge in [0.2, 0.25) is 5.91 Å². The molecule has 6 nitrogen and oxygen atoms in total. The number of carbonyl (C=O) groups excluding carboxylic acids is 2. The Morgan fingerprint density at radius 1 is 1.12 bits per heavy atom. The van der Waals surface area contributed by atoms with Gasteiger partial charge in [-0.1, -0.05) is 36.4 Å². The second-order valence-corrected chi connectivity index (χ2v) is 6.09. The van der Waals surface area contributed by atoms with Crippen molar-refractivity contribution >= 4 is 12.0 Å². The van der Waals surface area contributed by atoms with Crippen molar-refractivity contribution in [2.24, 2.45) is 5.73 Å². The lowest BCUT2D eigenvalue weighted by atomic mass is 10.1. The smallest absolute Gasteiger partial charge is 0.410 e. The Labute approximate surface area is 150 Å². The number of ether oxygens (including phenoxy) is 1. The molecule has 3 rings (SSSR count). The summed E-state index contributed by atoms with van der Waals surface area (Å²) in [5.41, 5.74) is 8.24. The molecule has 0 bridgehead atoms. The van der Waals surface area contributed by atoms with Crippen molar-refractivity contribution in [1.82, 2.24) is 10.2 Å². The van der Waals surface area contributed by atoms with E-state index in [9.17, 15) is 14.0 Å². The number of nitrogens with zero attached hydrogens (tertiary/aromatic N) is 1. The number of rotatable bonds is 6. The van der Waals surface area contributed by atoms with Crippen molar-refractivity contribution in [3.63, 3.8) is 0 Å². The van der Waals surface area contributed by atoms with Crippen LogP contribution in [-0.2, 0) is 29.2 Å². The Morgan fingerprint density at radius 3 is 2.38 bits per heavy atom. The highest BCUT2D eigenvalue weighted by Gasteiger charge is 2.37. The molecule has 0 aliphatic carbocycles. The van der Waals surface area contributed by atoms with E-state index in [-0.39, 0.29) is 24.9 Å². The molecule has 2 aromatic carbocycles. The zero-order valence-corrected chi connectivity index (χ0v) is 14.2. The highest BCUT2D eigenvalue weighted by Crippen LogP contribution is 2.17. The number of nitrogens with one attached hydrogen (secondary N) is 1. The quantitative estimate of drug-likeness (QED) is 0.827. The third-order valence-electron chi connectivity index (χ3n) is 4.27. The van der Waals surface area contributed by atoms with Gasteiger partial charge in [0.25, 0.3) is 0 Å². The molecule has 1 atom stereocenters. The van der Waals surface area contributed by atoms with Gasteiger partial charge in [0, 0.05) is 13.1 Å². The number of hydrogen-bond donors (Lipinski definition) is 2. The highest BCUT2D eigenvalue weighted by atomic mass is 19.1. The minimum Gasteiger partial charge on any atom is -0.447 e. The van der Waals surface area contributed by atoms with E-state index in [0.717, 1.165) is 16.7 Å². The molecule has 26 heavy (non-hydrogen) atoms. The molecule has 0 unspecified atom stereocenters. The second-order valence-electron chi connectivity index (χ2n) is 6.09. The number of hydrogen-bond acceptors (Lipinski definition) is 4. The van der Waals surface area contributed by atoms with Crippen LogP contribution in [0.3, 0.4) is 0 Å². The summed E-state index contributed by atoms with van der Waals surface area (Å²) in [6, 6.07) is 12.7. The van der Waals surface area contributed by atoms with Gasteiger partial charge in [-0.15, -0.1) is 0 Å². The summed E-state index contributed by atoms with van der Waals surface area (Å²) in [5.74, 6) is -0.645. The van der Waals surface area contributed by atoms with Crippen molar-refractivity contribution in [2.45, 2.75) is 25.7 Å². The number of amides is 2. The van der Waals surface area contributed by atoms with Crippen molar-refractivity contribution in [3.05, 3.63) is 71.0 Å². The Kier molecular flexibility index (Phi) is 5.48. The van der Waals surface area contributed by atoms with Gasteiger partial charge in [0.1, 0.15) is 18.5 Å². The van der Waals surface area contributed by atoms with E-state index in [4.69, 9.17) is 10.5 Å². The molecule has 1 aliphatic rings. The number of carbonyl (C=O) groups is 2. The molecule has 1 saturated heterocycles. The molecule has 0 aromatic heterocycles. The average Bonchev–Trinajstić information content (AvgIpc) is 3.02. The first-order chi connectivity index (χ1) is 12.6. The maximum atomic E-state index is 13.0. The van der Waals surface area contributed by atoms with Crippen molar-refractivity contribution in [3.8, 4) is 0 Å². The zero-order valence-electron chi connectivity index (χ0n) is 14.2. The fourth-order valence-corrected chi connectivity index (χ4v) is 2.73. The first kappa shape index (κ1) is 17.9. The molecule has 1 aliphatic heterocycles. The third-order valence-corrected chi connectivity index (χ3v) is 4.27. The van der Waals surface area contributed by atoms with Crippen LogP contribution in [0.5, 0.6) is 0 Å². The summed E-state index contributed by atoms with van der Waals surface area (Å²) in [4.78, 5) is 25.8. The summed E-state index contributed by atoms with van der Waals surface area (Å²) in [6.07, 6.45) is -0.554. The Morgan fingerprint density at radius 2 is 1.73 bits per heavy atom. The number of halogens is 1. The number of benzene rings is 2. The third kappa shape index (κ3) is 4.18. The fourth-order valence-electron chi connectivity index (χ4n) is 2.73. The Balaban J connectivity index is 1.61. The van der Waals surface area contributed by atoms with Crippen molar-refractivity contribution in [1.29, 1.82) is 0 Å². The molecular formula is C19H20FN3O3. The molecule has 0 radical (unpaired) electrons. The molecule has 0 saturated carbocycles. The van der Waals surface area contributed by atoms with Gasteiger partial charge in [0.05, 0.1) is 6.54 Å². The predicted molar refractivity (Wildman–Crippen MR) is 93.3 cm³/mol. The molecular weight excluding hydrogens is 337 g/mol. The van der Waals surface area contributed by atoms with Crippen LogP contribution in [0.15, 0.2) is 48.5 Å². The topological polar surface area (TPSA) is 84.7 Å². The van der Waals surface area contributed by atoms with Crippen LogP contribution in [0.1, 0.15) is 16.7 Å². The monoisotopic (exact) mass is 357 g/mol. The van der Waals surface area contributed by atoms with Crippen LogP contribution in [0.2, 0.25) is 0 Å². The van der Waals surface area contributed by atoms with Crippen LogP contribution >= 0.6 is 0 Å². The maximum Gasteiger partial charge on any atom is 0.410 e. The lowest BCUT2D eigenvalue weighted by Gasteiger charge is -2.21. The van der Waals surface area contributed by atoms with E-state index in [1.54, 1.807) is 12.1 Å². The lowest BCUT2D eigenvalue weighted by Crippen LogP contribution is -2.45. The number of cyclic esters (lactones) is 1. The molecule has 0 spiro atoms. The highest BCUT2D eigenvalue weighted by molar-refractivity contribution is 5.87. The van der Waals surface area contributed by atoms with Crippen molar-refractivity contribution in [2.75, 3.05) is 6.61 Å². The molecule has 136 valence electrons. The van der Waals surface area contributed by atoms with Gasteiger partial charge in [-0.25, -0.2) is 9.18 Å². The van der Waals surface area contributed by atoms with E-state index in [2.05, 4.69) is 5.32 Å². The molecule has 1 fully saturated rings. The molecule has 2 amide bonds. The normalized spacial score (nSPS) is 16.5. The van der Waals surface area contributed by atoms with Gasteiger partial charge in [-0.3, -0.25) is 9.69 Å². The van der Waals surface area contributed by atoms with Crippen LogP contribution in [0.25, 0.3) is 0 Å². The van der Waals surface area contributed by atoms with E-state index in [0.29, 0.717) is 13.1 Å². The van der Waals surface area contributed by atoms with E-state index < -0.39 is 12.1 Å². The standard InChI is InChI=1S/C19H20FN3O3/c20-16-7-5-15(6-8-16)11-23-17(12-26-19(23)25)18(24)22-10-14-3-1-13(9-21)2-4-14/h1-8,17H,9-12,21H2,(H,22,24)/t17-/m0/s1. The molecule has 7 heteroatoms. The van der Waals surface area contributed by atoms with Crippen LogP contribution in [-0.4, -0.2) is 29.5 Å². The van der Waals surface area contributed by atoms with Crippen molar-refractivity contribution < 1.29 is 18.7 Å². The fraction of sp³-hybridized carbons (Fsp3) is 0.263. The van der Waals surface area contributed by atoms with Gasteiger partial charge >= 0.3 is 6.09 Å². The van der Waals surface area contributed by atoms with Crippen LogP contribution in [0, 0.1) is 5.82 Å². The summed E-state index contributed by atoms with van der Waals surface area (Å²) < 4.78 is 18.0. The van der Waals surface area contributed by atoms with Gasteiger partial charge in [-0.2, -0.15) is 0 Å². The SMILES string of the molecule is NCc1ccc(CNC(=O)[C@@H]2COC(=O)N2Cc2ccc(F)cc2)cc1. The van der Waals surface area contributed by atoms with Gasteiger partial charge in [0.15, 0.2) is 0 Å². The first-order valence-corrected chi connectivity index (χ1v) is 8.30. The average molecular weight is 357 g/mol. The zero-order chi connectivity index (χ0) is 18.5. The summed E-state index contributed by atoms with van der Waals surface area (Å²) >= 11 is 0. The Bertz CT molecular complexity index is 778. The first-order valence-electron chi connectivity index (χ1n) is 8.30. The minimum absolute atomic E-state index is 0.00201. The second kappa shape index (κ2) is 7.97. The summed E-state index contributed by atoms with van der Waals surface area (Å²) in [7, 11) is 0. The van der Waals surface area contributed by atoms with Crippen LogP contribution < -0.4 is 11.1 Å². The van der Waals surface area contributed by atoms with E-state index in [1.165, 1.54) is 17.0 Å². The maximum absolute atomic E-state index is 13.0. The summed E-state index contributed by atoms with van der Waals surface area (Å²) in [6.45, 7) is 0.992. The lowest BCUT2D eigenvalue weighted by molar-refractivity contribution is -0.125. The summed E-state index contributed by atoms with van der Waals surface area (Å²) in [5, 5.41) is 2.82. The predicted octanol–water partition coefficient (Wildman–Crippen LogP) is 1.92. The van der Waals surface area contributed by atoms with E-state index >= 15 is 0 Å². The molecule has 1 heterocycles. The minimum atomic E-state index is -0.712. The molecule has 2 aromatic rings.